The fourth-order valence-electron chi connectivity index (χ4n) is 3.33. The van der Waals surface area contributed by atoms with E-state index in [0.717, 1.165) is 42.7 Å². The van der Waals surface area contributed by atoms with E-state index in [2.05, 4.69) is 26.6 Å². The first-order chi connectivity index (χ1) is 12.2. The van der Waals surface area contributed by atoms with Gasteiger partial charge in [-0.1, -0.05) is 6.07 Å². The van der Waals surface area contributed by atoms with Crippen molar-refractivity contribution in [2.75, 3.05) is 19.6 Å². The molecule has 7 heteroatoms. The topological polar surface area (TPSA) is 84.4 Å². The summed E-state index contributed by atoms with van der Waals surface area (Å²) >= 11 is 0. The number of nitrogens with one attached hydrogen (secondary N) is 1. The van der Waals surface area contributed by atoms with Crippen molar-refractivity contribution in [2.24, 2.45) is 5.92 Å². The van der Waals surface area contributed by atoms with Crippen molar-refractivity contribution >= 4 is 16.9 Å². The zero-order valence-electron chi connectivity index (χ0n) is 14.1. The molecule has 1 atom stereocenters. The van der Waals surface area contributed by atoms with E-state index in [1.54, 1.807) is 12.3 Å². The number of hydrogen-bond donors (Lipinski definition) is 1. The van der Waals surface area contributed by atoms with E-state index in [1.165, 1.54) is 5.56 Å². The number of amides is 1. The third-order valence-electron chi connectivity index (χ3n) is 4.71. The van der Waals surface area contributed by atoms with E-state index in [-0.39, 0.29) is 5.91 Å². The molecule has 0 spiro atoms. The molecule has 0 bridgehead atoms. The van der Waals surface area contributed by atoms with Crippen LogP contribution in [0, 0.1) is 12.8 Å². The van der Waals surface area contributed by atoms with Crippen molar-refractivity contribution in [3.05, 3.63) is 47.4 Å². The number of rotatable bonds is 5. The average molecular weight is 340 g/mol. The van der Waals surface area contributed by atoms with Crippen LogP contribution < -0.4 is 5.32 Å². The van der Waals surface area contributed by atoms with Gasteiger partial charge in [-0.2, -0.15) is 0 Å². The Labute approximate surface area is 144 Å². The summed E-state index contributed by atoms with van der Waals surface area (Å²) in [5, 5.41) is 10.7. The Morgan fingerprint density at radius 2 is 2.20 bits per heavy atom. The van der Waals surface area contributed by atoms with Crippen LogP contribution in [0.25, 0.3) is 11.0 Å². The van der Waals surface area contributed by atoms with E-state index in [4.69, 9.17) is 9.05 Å². The van der Waals surface area contributed by atoms with Gasteiger partial charge in [-0.25, -0.2) is 4.63 Å². The quantitative estimate of drug-likeness (QED) is 0.768. The predicted octanol–water partition coefficient (Wildman–Crippen LogP) is 2.38. The second-order valence-corrected chi connectivity index (χ2v) is 6.62. The first kappa shape index (κ1) is 15.8. The Kier molecular flexibility index (Phi) is 4.23. The first-order valence-electron chi connectivity index (χ1n) is 8.45. The molecule has 0 aliphatic carbocycles. The monoisotopic (exact) mass is 340 g/mol. The van der Waals surface area contributed by atoms with Gasteiger partial charge in [0.25, 0.3) is 5.91 Å². The number of furan rings is 1. The summed E-state index contributed by atoms with van der Waals surface area (Å²) in [6.07, 6.45) is 2.62. The summed E-state index contributed by atoms with van der Waals surface area (Å²) in [5.41, 5.74) is 3.62. The minimum atomic E-state index is -0.134. The molecule has 1 amide bonds. The Hall–Kier alpha value is -2.67. The maximum absolute atomic E-state index is 12.1. The zero-order chi connectivity index (χ0) is 17.2. The van der Waals surface area contributed by atoms with Crippen molar-refractivity contribution in [2.45, 2.75) is 19.9 Å². The van der Waals surface area contributed by atoms with Gasteiger partial charge in [-0.3, -0.25) is 9.69 Å². The molecule has 1 saturated heterocycles. The lowest BCUT2D eigenvalue weighted by atomic mass is 10.1. The van der Waals surface area contributed by atoms with Crippen molar-refractivity contribution in [1.82, 2.24) is 20.5 Å². The van der Waals surface area contributed by atoms with E-state index >= 15 is 0 Å². The molecule has 7 nitrogen and oxygen atoms in total. The van der Waals surface area contributed by atoms with Crippen molar-refractivity contribution < 1.29 is 13.8 Å². The van der Waals surface area contributed by atoms with Gasteiger partial charge in [0, 0.05) is 25.2 Å². The fourth-order valence-corrected chi connectivity index (χ4v) is 3.33. The number of carbonyl (C=O) groups excluding carboxylic acids is 1. The number of aromatic nitrogens is 2. The van der Waals surface area contributed by atoms with Gasteiger partial charge in [0.1, 0.15) is 11.0 Å². The van der Waals surface area contributed by atoms with E-state index in [0.29, 0.717) is 18.2 Å². The molecule has 3 heterocycles. The van der Waals surface area contributed by atoms with Crippen LogP contribution in [-0.2, 0) is 6.54 Å². The molecule has 1 aliphatic heterocycles. The number of carbonyl (C=O) groups is 1. The first-order valence-corrected chi connectivity index (χ1v) is 8.45. The number of hydrogen-bond acceptors (Lipinski definition) is 6. The molecule has 4 rings (SSSR count). The van der Waals surface area contributed by atoms with Crippen LogP contribution in [-0.4, -0.2) is 40.8 Å². The Morgan fingerprint density at radius 3 is 3.04 bits per heavy atom. The largest absolute Gasteiger partial charge is 0.459 e. The molecule has 130 valence electrons. The lowest BCUT2D eigenvalue weighted by molar-refractivity contribution is 0.0918. The van der Waals surface area contributed by atoms with Crippen LogP contribution in [0.1, 0.15) is 28.1 Å². The highest BCUT2D eigenvalue weighted by Crippen LogP contribution is 2.20. The number of nitrogens with zero attached hydrogens (tertiary/aromatic N) is 3. The smallest absolute Gasteiger partial charge is 0.287 e. The minimum Gasteiger partial charge on any atom is -0.459 e. The molecule has 2 aromatic heterocycles. The molecule has 3 aromatic rings. The van der Waals surface area contributed by atoms with Crippen LogP contribution in [0.2, 0.25) is 0 Å². The van der Waals surface area contributed by atoms with E-state index in [1.807, 2.05) is 19.1 Å². The van der Waals surface area contributed by atoms with Crippen LogP contribution in [0.15, 0.2) is 39.6 Å². The van der Waals surface area contributed by atoms with Gasteiger partial charge in [-0.15, -0.1) is 0 Å². The molecule has 0 radical (unpaired) electrons. The minimum absolute atomic E-state index is 0.134. The normalized spacial score (nSPS) is 18.0. The number of fused-ring (bicyclic) bond motifs is 1. The summed E-state index contributed by atoms with van der Waals surface area (Å²) in [6, 6.07) is 7.80. The van der Waals surface area contributed by atoms with Gasteiger partial charge in [0.15, 0.2) is 5.76 Å². The molecule has 1 aromatic carbocycles. The Morgan fingerprint density at radius 1 is 1.32 bits per heavy atom. The number of benzene rings is 1. The predicted molar refractivity (Wildman–Crippen MR) is 91.0 cm³/mol. The van der Waals surface area contributed by atoms with Crippen LogP contribution in [0.4, 0.5) is 0 Å². The molecule has 1 N–H and O–H groups in total. The standard InChI is InChI=1S/C18H20N4O3/c1-12-5-7-24-17(12)18(23)19-9-14-4-6-22(11-14)10-13-2-3-15-16(8-13)21-25-20-15/h2-3,5,7-8,14H,4,6,9-11H2,1H3,(H,19,23)/t14-/m1/s1. The van der Waals surface area contributed by atoms with Crippen molar-refractivity contribution in [3.8, 4) is 0 Å². The highest BCUT2D eigenvalue weighted by molar-refractivity contribution is 5.92. The molecular weight excluding hydrogens is 320 g/mol. The lowest BCUT2D eigenvalue weighted by Crippen LogP contribution is -2.31. The number of aryl methyl sites for hydroxylation is 1. The van der Waals surface area contributed by atoms with E-state index in [9.17, 15) is 4.79 Å². The molecule has 0 saturated carbocycles. The fraction of sp³-hybridized carbons (Fsp3) is 0.389. The van der Waals surface area contributed by atoms with Crippen LogP contribution in [0.3, 0.4) is 0 Å². The highest BCUT2D eigenvalue weighted by Gasteiger charge is 2.24. The maximum atomic E-state index is 12.1. The maximum Gasteiger partial charge on any atom is 0.287 e. The summed E-state index contributed by atoms with van der Waals surface area (Å²) in [7, 11) is 0. The van der Waals surface area contributed by atoms with Crippen molar-refractivity contribution in [1.29, 1.82) is 0 Å². The third kappa shape index (κ3) is 3.41. The third-order valence-corrected chi connectivity index (χ3v) is 4.71. The van der Waals surface area contributed by atoms with Gasteiger partial charge in [-0.05, 0) is 59.9 Å². The molecule has 25 heavy (non-hydrogen) atoms. The summed E-state index contributed by atoms with van der Waals surface area (Å²) in [6.45, 7) is 5.39. The highest BCUT2D eigenvalue weighted by atomic mass is 16.6. The van der Waals surface area contributed by atoms with Gasteiger partial charge in [0.2, 0.25) is 0 Å². The summed E-state index contributed by atoms with van der Waals surface area (Å²) in [4.78, 5) is 14.5. The molecule has 1 aliphatic rings. The molecule has 1 fully saturated rings. The number of likely N-dealkylation sites (tertiary alicyclic amines) is 1. The van der Waals surface area contributed by atoms with Gasteiger partial charge < -0.3 is 9.73 Å². The van der Waals surface area contributed by atoms with Gasteiger partial charge in [0.05, 0.1) is 6.26 Å². The lowest BCUT2D eigenvalue weighted by Gasteiger charge is -2.16. The summed E-state index contributed by atoms with van der Waals surface area (Å²) < 4.78 is 9.97. The molecular formula is C18H20N4O3. The Bertz CT molecular complexity index is 885. The second kappa shape index (κ2) is 6.68. The van der Waals surface area contributed by atoms with Crippen LogP contribution >= 0.6 is 0 Å². The average Bonchev–Trinajstić information content (AvgIpc) is 3.33. The zero-order valence-corrected chi connectivity index (χ0v) is 14.1. The Balaban J connectivity index is 1.29. The molecule has 0 unspecified atom stereocenters. The second-order valence-electron chi connectivity index (χ2n) is 6.62. The van der Waals surface area contributed by atoms with Gasteiger partial charge >= 0.3 is 0 Å². The summed E-state index contributed by atoms with van der Waals surface area (Å²) in [5.74, 6) is 0.728. The van der Waals surface area contributed by atoms with E-state index < -0.39 is 0 Å². The van der Waals surface area contributed by atoms with Crippen LogP contribution in [0.5, 0.6) is 0 Å². The van der Waals surface area contributed by atoms with Crippen molar-refractivity contribution in [3.63, 3.8) is 0 Å². The SMILES string of the molecule is Cc1ccoc1C(=O)NC[C@H]1CCN(Cc2ccc3nonc3c2)C1.